The van der Waals surface area contributed by atoms with Crippen molar-refractivity contribution in [2.45, 2.75) is 6.10 Å². The van der Waals surface area contributed by atoms with Crippen molar-refractivity contribution >= 4 is 11.6 Å². The van der Waals surface area contributed by atoms with E-state index in [1.54, 1.807) is 12.1 Å². The van der Waals surface area contributed by atoms with E-state index in [-0.39, 0.29) is 18.1 Å². The smallest absolute Gasteiger partial charge is 0.257 e. The van der Waals surface area contributed by atoms with Gasteiger partial charge in [0.15, 0.2) is 0 Å². The highest BCUT2D eigenvalue weighted by atomic mass is 19.1. The Labute approximate surface area is 93.8 Å². The molecule has 88 valence electrons. The van der Waals surface area contributed by atoms with Gasteiger partial charge in [-0.3, -0.25) is 4.79 Å². The molecule has 1 rings (SSSR count). The molecule has 0 aliphatic carbocycles. The van der Waals surface area contributed by atoms with E-state index in [4.69, 9.17) is 10.5 Å². The van der Waals surface area contributed by atoms with Crippen LogP contribution in [0.3, 0.4) is 0 Å². The van der Waals surface area contributed by atoms with Crippen LogP contribution in [0.4, 0.5) is 10.1 Å². The highest BCUT2D eigenvalue weighted by Gasteiger charge is 2.22. The van der Waals surface area contributed by atoms with Gasteiger partial charge in [-0.25, -0.2) is 4.39 Å². The molecule has 0 bridgehead atoms. The molecule has 0 aliphatic heterocycles. The first-order valence-corrected chi connectivity index (χ1v) is 4.86. The van der Waals surface area contributed by atoms with Crippen LogP contribution in [0, 0.1) is 5.82 Å². The Morgan fingerprint density at radius 2 is 2.19 bits per heavy atom. The van der Waals surface area contributed by atoms with Crippen LogP contribution in [0.2, 0.25) is 0 Å². The predicted octanol–water partition coefficient (Wildman–Crippen LogP) is 0.762. The monoisotopic (exact) mass is 226 g/mol. The maximum absolute atomic E-state index is 13.4. The number of methoxy groups -OCH3 is 1. The molecule has 1 aromatic rings. The van der Waals surface area contributed by atoms with Gasteiger partial charge < -0.3 is 15.4 Å². The minimum atomic E-state index is -0.746. The molecule has 1 amide bonds. The number of nitrogens with zero attached hydrogens (tertiary/aromatic N) is 1. The van der Waals surface area contributed by atoms with Gasteiger partial charge in [-0.15, -0.1) is 0 Å². The first-order chi connectivity index (χ1) is 7.61. The van der Waals surface area contributed by atoms with Gasteiger partial charge in [-0.2, -0.15) is 0 Å². The van der Waals surface area contributed by atoms with Crippen molar-refractivity contribution in [3.63, 3.8) is 0 Å². The third-order valence-corrected chi connectivity index (χ3v) is 2.32. The minimum Gasteiger partial charge on any atom is -0.370 e. The number of anilines is 1. The number of rotatable bonds is 4. The summed E-state index contributed by atoms with van der Waals surface area (Å²) in [6, 6.07) is 6.04. The number of ether oxygens (including phenoxy) is 1. The summed E-state index contributed by atoms with van der Waals surface area (Å²) in [5.41, 5.74) is 5.58. The molecule has 2 N–H and O–H groups in total. The van der Waals surface area contributed by atoms with Crippen LogP contribution >= 0.6 is 0 Å². The van der Waals surface area contributed by atoms with E-state index >= 15 is 0 Å². The zero-order chi connectivity index (χ0) is 12.1. The molecule has 0 saturated carbocycles. The zero-order valence-corrected chi connectivity index (χ0v) is 9.31. The van der Waals surface area contributed by atoms with Crippen LogP contribution < -0.4 is 10.6 Å². The van der Waals surface area contributed by atoms with Crippen LogP contribution in [0.25, 0.3) is 0 Å². The molecule has 0 aromatic heterocycles. The van der Waals surface area contributed by atoms with Gasteiger partial charge in [0, 0.05) is 20.7 Å². The molecule has 0 heterocycles. The van der Waals surface area contributed by atoms with Crippen LogP contribution in [0.1, 0.15) is 0 Å². The van der Waals surface area contributed by atoms with E-state index in [2.05, 4.69) is 0 Å². The summed E-state index contributed by atoms with van der Waals surface area (Å²) >= 11 is 0. The Morgan fingerprint density at radius 3 is 2.69 bits per heavy atom. The lowest BCUT2D eigenvalue weighted by Gasteiger charge is -2.22. The topological polar surface area (TPSA) is 55.6 Å². The maximum Gasteiger partial charge on any atom is 0.257 e. The van der Waals surface area contributed by atoms with E-state index in [1.165, 1.54) is 31.2 Å². The van der Waals surface area contributed by atoms with Gasteiger partial charge in [0.2, 0.25) is 0 Å². The van der Waals surface area contributed by atoms with Crippen LogP contribution in [0.15, 0.2) is 24.3 Å². The van der Waals surface area contributed by atoms with Crippen molar-refractivity contribution in [1.82, 2.24) is 0 Å². The van der Waals surface area contributed by atoms with Gasteiger partial charge in [0.25, 0.3) is 5.91 Å². The lowest BCUT2D eigenvalue weighted by molar-refractivity contribution is -0.127. The highest BCUT2D eigenvalue weighted by Crippen LogP contribution is 2.17. The van der Waals surface area contributed by atoms with Gasteiger partial charge in [0.1, 0.15) is 11.9 Å². The third kappa shape index (κ3) is 2.56. The Hall–Kier alpha value is -1.46. The summed E-state index contributed by atoms with van der Waals surface area (Å²) in [7, 11) is 2.88. The molecule has 0 fully saturated rings. The number of carbonyl (C=O) groups excluding carboxylic acids is 1. The van der Waals surface area contributed by atoms with Crippen molar-refractivity contribution in [3.8, 4) is 0 Å². The number of benzene rings is 1. The first-order valence-electron chi connectivity index (χ1n) is 4.86. The SMILES string of the molecule is COC(CN)C(=O)N(C)c1ccccc1F. The van der Waals surface area contributed by atoms with Gasteiger partial charge in [0.05, 0.1) is 5.69 Å². The number of para-hydroxylation sites is 1. The Kier molecular flexibility index (Phi) is 4.39. The minimum absolute atomic E-state index is 0.0636. The molecule has 1 atom stereocenters. The largest absolute Gasteiger partial charge is 0.370 e. The maximum atomic E-state index is 13.4. The summed E-state index contributed by atoms with van der Waals surface area (Å²) < 4.78 is 18.3. The fourth-order valence-corrected chi connectivity index (χ4v) is 1.36. The van der Waals surface area contributed by atoms with E-state index in [9.17, 15) is 9.18 Å². The Morgan fingerprint density at radius 1 is 1.56 bits per heavy atom. The molecule has 0 saturated heterocycles. The van der Waals surface area contributed by atoms with Crippen molar-refractivity contribution < 1.29 is 13.9 Å². The summed E-state index contributed by atoms with van der Waals surface area (Å²) in [5.74, 6) is -0.819. The normalized spacial score (nSPS) is 12.2. The number of carbonyl (C=O) groups is 1. The molecule has 0 radical (unpaired) electrons. The molecule has 16 heavy (non-hydrogen) atoms. The molecule has 0 spiro atoms. The summed E-state index contributed by atoms with van der Waals surface area (Å²) in [6.45, 7) is 0.0636. The van der Waals surface area contributed by atoms with Crippen LogP contribution in [0.5, 0.6) is 0 Å². The fourth-order valence-electron chi connectivity index (χ4n) is 1.36. The summed E-state index contributed by atoms with van der Waals surface area (Å²) in [6.07, 6.45) is -0.746. The van der Waals surface area contributed by atoms with Gasteiger partial charge in [-0.05, 0) is 12.1 Å². The number of hydrogen-bond acceptors (Lipinski definition) is 3. The first kappa shape index (κ1) is 12.6. The van der Waals surface area contributed by atoms with Gasteiger partial charge >= 0.3 is 0 Å². The molecule has 1 aromatic carbocycles. The molecule has 0 aliphatic rings. The second-order valence-electron chi connectivity index (χ2n) is 3.31. The van der Waals surface area contributed by atoms with Crippen molar-refractivity contribution in [3.05, 3.63) is 30.1 Å². The van der Waals surface area contributed by atoms with Gasteiger partial charge in [-0.1, -0.05) is 12.1 Å². The van der Waals surface area contributed by atoms with Crippen LogP contribution in [-0.2, 0) is 9.53 Å². The predicted molar refractivity (Wildman–Crippen MR) is 59.7 cm³/mol. The third-order valence-electron chi connectivity index (χ3n) is 2.32. The summed E-state index contributed by atoms with van der Waals surface area (Å²) in [5, 5.41) is 0. The summed E-state index contributed by atoms with van der Waals surface area (Å²) in [4.78, 5) is 13.0. The highest BCUT2D eigenvalue weighted by molar-refractivity contribution is 5.96. The number of amides is 1. The molecular formula is C11H15FN2O2. The molecule has 5 heteroatoms. The van der Waals surface area contributed by atoms with E-state index < -0.39 is 11.9 Å². The average Bonchev–Trinajstić information content (AvgIpc) is 2.30. The zero-order valence-electron chi connectivity index (χ0n) is 9.31. The molecule has 4 nitrogen and oxygen atoms in total. The number of hydrogen-bond donors (Lipinski definition) is 1. The lowest BCUT2D eigenvalue weighted by atomic mass is 10.2. The van der Waals surface area contributed by atoms with Crippen molar-refractivity contribution in [1.29, 1.82) is 0 Å². The fraction of sp³-hybridized carbons (Fsp3) is 0.364. The second-order valence-corrected chi connectivity index (χ2v) is 3.31. The quantitative estimate of drug-likeness (QED) is 0.824. The van der Waals surface area contributed by atoms with Crippen LogP contribution in [-0.4, -0.2) is 32.7 Å². The Bertz CT molecular complexity index is 367. The van der Waals surface area contributed by atoms with E-state index in [0.29, 0.717) is 0 Å². The molecular weight excluding hydrogens is 211 g/mol. The average molecular weight is 226 g/mol. The lowest BCUT2D eigenvalue weighted by Crippen LogP contribution is -2.42. The standard InChI is InChI=1S/C11H15FN2O2/c1-14(11(15)10(7-13)16-2)9-6-4-3-5-8(9)12/h3-6,10H,7,13H2,1-2H3. The second kappa shape index (κ2) is 5.58. The van der Waals surface area contributed by atoms with Crippen molar-refractivity contribution in [2.24, 2.45) is 5.73 Å². The molecule has 1 unspecified atom stereocenters. The Balaban J connectivity index is 2.90. The van der Waals surface area contributed by atoms with E-state index in [0.717, 1.165) is 0 Å². The van der Waals surface area contributed by atoms with Crippen molar-refractivity contribution in [2.75, 3.05) is 25.6 Å². The number of nitrogens with two attached hydrogens (primary N) is 1. The number of likely N-dealkylation sites (N-methyl/N-ethyl adjacent to an activating group) is 1. The van der Waals surface area contributed by atoms with E-state index in [1.807, 2.05) is 0 Å². The number of halogens is 1.